The van der Waals surface area contributed by atoms with Gasteiger partial charge in [-0.3, -0.25) is 4.79 Å². The second-order valence-electron chi connectivity index (χ2n) is 6.92. The molecular weight excluding hydrogens is 406 g/mol. The number of halogens is 1. The molecule has 1 atom stereocenters. The van der Waals surface area contributed by atoms with Crippen LogP contribution < -0.4 is 10.6 Å². The number of thioether (sulfide) groups is 1. The fraction of sp³-hybridized carbons (Fsp3) is 0.611. The van der Waals surface area contributed by atoms with Gasteiger partial charge in [-0.25, -0.2) is 8.42 Å². The number of aryl methyl sites for hydroxylation is 1. The topological polar surface area (TPSA) is 78.5 Å². The number of benzene rings is 1. The van der Waals surface area contributed by atoms with E-state index in [1.165, 1.54) is 0 Å². The summed E-state index contributed by atoms with van der Waals surface area (Å²) in [6.45, 7) is 3.86. The number of rotatable bonds is 5. The molecule has 1 aromatic rings. The van der Waals surface area contributed by atoms with Crippen molar-refractivity contribution in [3.05, 3.63) is 23.8 Å². The lowest BCUT2D eigenvalue weighted by Crippen LogP contribution is -2.40. The van der Waals surface area contributed by atoms with Crippen molar-refractivity contribution < 1.29 is 13.2 Å². The fourth-order valence-corrected chi connectivity index (χ4v) is 6.10. The maximum Gasteiger partial charge on any atom is 0.243 e. The van der Waals surface area contributed by atoms with E-state index in [4.69, 9.17) is 0 Å². The third-order valence-electron chi connectivity index (χ3n) is 4.84. The van der Waals surface area contributed by atoms with Crippen LogP contribution in [0.25, 0.3) is 0 Å². The zero-order chi connectivity index (χ0) is 18.6. The van der Waals surface area contributed by atoms with Gasteiger partial charge in [0, 0.05) is 49.3 Å². The molecule has 0 bridgehead atoms. The Bertz CT molecular complexity index is 746. The predicted molar refractivity (Wildman–Crippen MR) is 113 cm³/mol. The molecule has 2 aliphatic rings. The van der Waals surface area contributed by atoms with Gasteiger partial charge in [0.2, 0.25) is 15.9 Å². The van der Waals surface area contributed by atoms with Gasteiger partial charge in [-0.1, -0.05) is 12.5 Å². The van der Waals surface area contributed by atoms with Gasteiger partial charge in [0.15, 0.2) is 0 Å². The molecule has 2 saturated heterocycles. The summed E-state index contributed by atoms with van der Waals surface area (Å²) in [5, 5.41) is 6.20. The molecule has 2 heterocycles. The molecule has 0 saturated carbocycles. The smallest absolute Gasteiger partial charge is 0.243 e. The third-order valence-corrected chi connectivity index (χ3v) is 8.01. The van der Waals surface area contributed by atoms with E-state index in [1.54, 1.807) is 29.4 Å². The summed E-state index contributed by atoms with van der Waals surface area (Å²) in [4.78, 5) is 12.6. The zero-order valence-electron chi connectivity index (χ0n) is 15.6. The van der Waals surface area contributed by atoms with Gasteiger partial charge in [-0.2, -0.15) is 16.1 Å². The summed E-state index contributed by atoms with van der Waals surface area (Å²) in [6.07, 6.45) is 3.28. The lowest BCUT2D eigenvalue weighted by atomic mass is 10.2. The van der Waals surface area contributed by atoms with Gasteiger partial charge in [0.05, 0.1) is 4.90 Å². The van der Waals surface area contributed by atoms with Gasteiger partial charge >= 0.3 is 0 Å². The first-order valence-electron chi connectivity index (χ1n) is 9.18. The third kappa shape index (κ3) is 5.84. The first-order valence-corrected chi connectivity index (χ1v) is 11.8. The van der Waals surface area contributed by atoms with Crippen molar-refractivity contribution >= 4 is 45.8 Å². The van der Waals surface area contributed by atoms with Crippen LogP contribution in [0.5, 0.6) is 0 Å². The molecule has 2 aliphatic heterocycles. The highest BCUT2D eigenvalue weighted by Gasteiger charge is 2.27. The Balaban J connectivity index is 0.00000261. The number of carbonyl (C=O) groups is 1. The maximum absolute atomic E-state index is 13.0. The second kappa shape index (κ2) is 10.1. The predicted octanol–water partition coefficient (Wildman–Crippen LogP) is 2.63. The van der Waals surface area contributed by atoms with Crippen LogP contribution in [-0.2, 0) is 14.8 Å². The molecule has 0 aliphatic carbocycles. The maximum atomic E-state index is 13.0. The van der Waals surface area contributed by atoms with Crippen molar-refractivity contribution in [1.29, 1.82) is 0 Å². The van der Waals surface area contributed by atoms with E-state index in [-0.39, 0.29) is 24.4 Å². The summed E-state index contributed by atoms with van der Waals surface area (Å²) in [6, 6.07) is 5.31. The summed E-state index contributed by atoms with van der Waals surface area (Å²) < 4.78 is 27.5. The molecule has 6 nitrogen and oxygen atoms in total. The van der Waals surface area contributed by atoms with Gasteiger partial charge in [-0.15, -0.1) is 12.4 Å². The standard InChI is InChI=1S/C18H27N3O3S2.ClH/c1-14-5-6-15(20-18(22)12-16-13-25-10-7-19-16)11-17(14)26(23,24)21-8-3-2-4-9-21;/h5-6,11,16,19H,2-4,7-10,12-13H2,1H3,(H,20,22);1H. The highest BCUT2D eigenvalue weighted by atomic mass is 35.5. The van der Waals surface area contributed by atoms with Crippen molar-refractivity contribution in [3.63, 3.8) is 0 Å². The molecule has 27 heavy (non-hydrogen) atoms. The van der Waals surface area contributed by atoms with Gasteiger partial charge < -0.3 is 10.6 Å². The molecule has 1 unspecified atom stereocenters. The van der Waals surface area contributed by atoms with Crippen molar-refractivity contribution in [3.8, 4) is 0 Å². The Morgan fingerprint density at radius 3 is 2.70 bits per heavy atom. The number of nitrogens with zero attached hydrogens (tertiary/aromatic N) is 1. The average molecular weight is 434 g/mol. The summed E-state index contributed by atoms with van der Waals surface area (Å²) >= 11 is 1.85. The van der Waals surface area contributed by atoms with Crippen LogP contribution in [-0.4, -0.2) is 55.8 Å². The summed E-state index contributed by atoms with van der Waals surface area (Å²) in [5.41, 5.74) is 1.25. The number of piperidine rings is 1. The quantitative estimate of drug-likeness (QED) is 0.746. The van der Waals surface area contributed by atoms with Crippen molar-refractivity contribution in [2.45, 2.75) is 43.5 Å². The van der Waals surface area contributed by atoms with E-state index in [0.717, 1.165) is 37.3 Å². The van der Waals surface area contributed by atoms with Gasteiger partial charge in [0.25, 0.3) is 0 Å². The molecule has 2 N–H and O–H groups in total. The number of carbonyl (C=O) groups excluding carboxylic acids is 1. The number of hydrogen-bond acceptors (Lipinski definition) is 5. The van der Waals surface area contributed by atoms with Crippen LogP contribution in [0.2, 0.25) is 0 Å². The largest absolute Gasteiger partial charge is 0.326 e. The van der Waals surface area contributed by atoms with E-state index >= 15 is 0 Å². The van der Waals surface area contributed by atoms with Crippen LogP contribution in [0.4, 0.5) is 5.69 Å². The number of nitrogens with one attached hydrogen (secondary N) is 2. The van der Waals surface area contributed by atoms with Crippen molar-refractivity contribution in [1.82, 2.24) is 9.62 Å². The zero-order valence-corrected chi connectivity index (χ0v) is 18.0. The number of anilines is 1. The molecule has 152 valence electrons. The van der Waals surface area contributed by atoms with Crippen LogP contribution in [0.15, 0.2) is 23.1 Å². The van der Waals surface area contributed by atoms with Crippen molar-refractivity contribution in [2.75, 3.05) is 36.5 Å². The fourth-order valence-electron chi connectivity index (χ4n) is 3.39. The molecule has 1 amide bonds. The minimum absolute atomic E-state index is 0. The molecule has 0 aromatic heterocycles. The lowest BCUT2D eigenvalue weighted by Gasteiger charge is -2.27. The Morgan fingerprint density at radius 2 is 2.04 bits per heavy atom. The normalized spacial score (nSPS) is 21.3. The Hall–Kier alpha value is -0.800. The number of hydrogen-bond donors (Lipinski definition) is 2. The van der Waals surface area contributed by atoms with Gasteiger partial charge in [-0.05, 0) is 37.5 Å². The lowest BCUT2D eigenvalue weighted by molar-refractivity contribution is -0.116. The Morgan fingerprint density at radius 1 is 1.30 bits per heavy atom. The first-order chi connectivity index (χ1) is 12.5. The Kier molecular flexibility index (Phi) is 8.42. The van der Waals surface area contributed by atoms with Crippen LogP contribution in [0, 0.1) is 6.92 Å². The van der Waals surface area contributed by atoms with E-state index in [0.29, 0.717) is 35.7 Å². The van der Waals surface area contributed by atoms with E-state index < -0.39 is 10.0 Å². The van der Waals surface area contributed by atoms with E-state index in [9.17, 15) is 13.2 Å². The molecule has 0 radical (unpaired) electrons. The first kappa shape index (κ1) is 22.5. The Labute approximate surface area is 172 Å². The second-order valence-corrected chi connectivity index (χ2v) is 9.98. The monoisotopic (exact) mass is 433 g/mol. The molecule has 0 spiro atoms. The van der Waals surface area contributed by atoms with Crippen molar-refractivity contribution in [2.24, 2.45) is 0 Å². The van der Waals surface area contributed by atoms with Crippen LogP contribution in [0.1, 0.15) is 31.2 Å². The minimum Gasteiger partial charge on any atom is -0.326 e. The minimum atomic E-state index is -3.51. The van der Waals surface area contributed by atoms with Crippen LogP contribution >= 0.6 is 24.2 Å². The van der Waals surface area contributed by atoms with Crippen LogP contribution in [0.3, 0.4) is 0 Å². The number of sulfonamides is 1. The molecule has 3 rings (SSSR count). The SMILES string of the molecule is Cc1ccc(NC(=O)CC2CSCCN2)cc1S(=O)(=O)N1CCCCC1.Cl. The molecule has 2 fully saturated rings. The molecule has 1 aromatic carbocycles. The van der Waals surface area contributed by atoms with E-state index in [2.05, 4.69) is 10.6 Å². The van der Waals surface area contributed by atoms with Gasteiger partial charge in [0.1, 0.15) is 0 Å². The number of amides is 1. The highest BCUT2D eigenvalue weighted by molar-refractivity contribution is 7.99. The van der Waals surface area contributed by atoms with E-state index in [1.807, 2.05) is 11.8 Å². The summed E-state index contributed by atoms with van der Waals surface area (Å²) in [5.74, 6) is 1.92. The molecular formula is C18H28ClN3O3S2. The average Bonchev–Trinajstić information content (AvgIpc) is 2.64. The molecule has 9 heteroatoms. The highest BCUT2D eigenvalue weighted by Crippen LogP contribution is 2.26. The summed E-state index contributed by atoms with van der Waals surface area (Å²) in [7, 11) is -3.51.